The Bertz CT molecular complexity index is 535. The topological polar surface area (TPSA) is 70.7 Å². The van der Waals surface area contributed by atoms with Gasteiger partial charge in [-0.3, -0.25) is 0 Å². The van der Waals surface area contributed by atoms with E-state index in [0.717, 1.165) is 17.9 Å². The number of nitrogens with zero attached hydrogens (tertiary/aromatic N) is 1. The average Bonchev–Trinajstić information content (AvgIpc) is 3.35. The van der Waals surface area contributed by atoms with Crippen molar-refractivity contribution >= 4 is 0 Å². The second-order valence-corrected chi connectivity index (χ2v) is 7.74. The SMILES string of the molecule is C=C(/C=C\C(=C/C)OCCOCCOCCOCCOCCOC)[C@@H](CN1CCCC1)NC. The summed E-state index contributed by atoms with van der Waals surface area (Å²) in [4.78, 5) is 2.49. The summed E-state index contributed by atoms with van der Waals surface area (Å²) in [6.45, 7) is 15.0. The Morgan fingerprint density at radius 2 is 1.36 bits per heavy atom. The number of allylic oxidation sites excluding steroid dienone is 2. The fourth-order valence-electron chi connectivity index (χ4n) is 3.27. The molecule has 0 aromatic carbocycles. The molecule has 0 aromatic heterocycles. The first-order valence-electron chi connectivity index (χ1n) is 12.1. The molecule has 0 saturated carbocycles. The van der Waals surface area contributed by atoms with Crippen molar-refractivity contribution in [3.05, 3.63) is 36.1 Å². The highest BCUT2D eigenvalue weighted by Crippen LogP contribution is 2.12. The molecule has 0 bridgehead atoms. The zero-order valence-electron chi connectivity index (χ0n) is 21.0. The minimum atomic E-state index is 0.250. The summed E-state index contributed by atoms with van der Waals surface area (Å²) < 4.78 is 32.5. The lowest BCUT2D eigenvalue weighted by Gasteiger charge is -2.23. The zero-order valence-corrected chi connectivity index (χ0v) is 21.0. The highest BCUT2D eigenvalue weighted by molar-refractivity contribution is 5.27. The summed E-state index contributed by atoms with van der Waals surface area (Å²) in [5.74, 6) is 0.815. The van der Waals surface area contributed by atoms with E-state index in [9.17, 15) is 0 Å². The van der Waals surface area contributed by atoms with Crippen LogP contribution in [0.4, 0.5) is 0 Å². The monoisotopic (exact) mass is 470 g/mol. The maximum atomic E-state index is 5.79. The standard InChI is InChI=1S/C25H46N2O6/c1-5-24(9-8-23(2)25(26-3)22-27-10-6-7-11-27)33-21-20-32-19-18-31-17-16-30-15-14-29-13-12-28-4/h5,8-9,25-26H,2,6-7,10-22H2,1,3-4H3/b9-8-,24-5+/t25-/m1/s1. The fourth-order valence-corrected chi connectivity index (χ4v) is 3.27. The fraction of sp³-hybridized carbons (Fsp3) is 0.760. The van der Waals surface area contributed by atoms with Gasteiger partial charge in [0, 0.05) is 19.7 Å². The first-order valence-corrected chi connectivity index (χ1v) is 12.1. The van der Waals surface area contributed by atoms with Gasteiger partial charge in [-0.25, -0.2) is 0 Å². The predicted molar refractivity (Wildman–Crippen MR) is 132 cm³/mol. The van der Waals surface area contributed by atoms with Crippen LogP contribution >= 0.6 is 0 Å². The van der Waals surface area contributed by atoms with E-state index in [4.69, 9.17) is 28.4 Å². The molecular weight excluding hydrogens is 424 g/mol. The van der Waals surface area contributed by atoms with Crippen molar-refractivity contribution in [1.82, 2.24) is 10.2 Å². The third-order valence-corrected chi connectivity index (χ3v) is 5.23. The lowest BCUT2D eigenvalue weighted by atomic mass is 10.1. The summed E-state index contributed by atoms with van der Waals surface area (Å²) in [6, 6.07) is 0.250. The molecule has 1 N–H and O–H groups in total. The van der Waals surface area contributed by atoms with Gasteiger partial charge in [-0.05, 0) is 57.6 Å². The van der Waals surface area contributed by atoms with Gasteiger partial charge >= 0.3 is 0 Å². The van der Waals surface area contributed by atoms with E-state index in [0.29, 0.717) is 66.1 Å². The zero-order chi connectivity index (χ0) is 24.0. The molecule has 0 unspecified atom stereocenters. The number of nitrogens with one attached hydrogen (secondary N) is 1. The van der Waals surface area contributed by atoms with Crippen LogP contribution in [0.15, 0.2) is 36.1 Å². The van der Waals surface area contributed by atoms with Crippen molar-refractivity contribution in [2.24, 2.45) is 0 Å². The van der Waals surface area contributed by atoms with Gasteiger partial charge in [0.25, 0.3) is 0 Å². The molecule has 0 aromatic rings. The average molecular weight is 471 g/mol. The molecule has 33 heavy (non-hydrogen) atoms. The van der Waals surface area contributed by atoms with Crippen molar-refractivity contribution in [1.29, 1.82) is 0 Å². The molecule has 0 spiro atoms. The number of methoxy groups -OCH3 is 1. The molecule has 0 aliphatic carbocycles. The molecule has 192 valence electrons. The van der Waals surface area contributed by atoms with Crippen molar-refractivity contribution in [2.75, 3.05) is 99.9 Å². The molecule has 1 saturated heterocycles. The van der Waals surface area contributed by atoms with Crippen LogP contribution in [0.2, 0.25) is 0 Å². The molecule has 1 heterocycles. The Morgan fingerprint density at radius 3 is 1.85 bits per heavy atom. The molecule has 1 aliphatic heterocycles. The number of hydrogen-bond acceptors (Lipinski definition) is 8. The number of likely N-dealkylation sites (N-methyl/N-ethyl adjacent to an activating group) is 1. The second-order valence-electron chi connectivity index (χ2n) is 7.74. The van der Waals surface area contributed by atoms with E-state index in [2.05, 4.69) is 16.8 Å². The Kier molecular flexibility index (Phi) is 19.2. The van der Waals surface area contributed by atoms with Crippen LogP contribution in [0, 0.1) is 0 Å². The van der Waals surface area contributed by atoms with Crippen LogP contribution in [0.1, 0.15) is 19.8 Å². The summed E-state index contributed by atoms with van der Waals surface area (Å²) in [5.41, 5.74) is 1.06. The van der Waals surface area contributed by atoms with Gasteiger partial charge in [0.2, 0.25) is 0 Å². The third-order valence-electron chi connectivity index (χ3n) is 5.23. The van der Waals surface area contributed by atoms with Crippen molar-refractivity contribution in [3.8, 4) is 0 Å². The van der Waals surface area contributed by atoms with Gasteiger partial charge in [-0.1, -0.05) is 12.7 Å². The van der Waals surface area contributed by atoms with Gasteiger partial charge in [-0.15, -0.1) is 0 Å². The molecule has 1 atom stereocenters. The Labute approximate surface area is 200 Å². The van der Waals surface area contributed by atoms with Crippen LogP contribution in [-0.4, -0.2) is 111 Å². The summed E-state index contributed by atoms with van der Waals surface area (Å²) >= 11 is 0. The van der Waals surface area contributed by atoms with Crippen molar-refractivity contribution in [2.45, 2.75) is 25.8 Å². The normalized spacial score (nSPS) is 16.0. The molecule has 1 fully saturated rings. The molecule has 1 rings (SSSR count). The minimum Gasteiger partial charge on any atom is -0.492 e. The lowest BCUT2D eigenvalue weighted by molar-refractivity contribution is -0.0114. The molecule has 1 aliphatic rings. The Hall–Kier alpha value is -1.26. The molecule has 8 nitrogen and oxygen atoms in total. The van der Waals surface area contributed by atoms with Gasteiger partial charge in [0.1, 0.15) is 12.4 Å². The number of likely N-dealkylation sites (tertiary alicyclic amines) is 1. The quantitative estimate of drug-likeness (QED) is 0.147. The minimum absolute atomic E-state index is 0.250. The molecule has 0 amide bonds. The maximum absolute atomic E-state index is 5.79. The van der Waals surface area contributed by atoms with Crippen molar-refractivity contribution in [3.63, 3.8) is 0 Å². The highest BCUT2D eigenvalue weighted by atomic mass is 16.6. The Morgan fingerprint density at radius 1 is 0.848 bits per heavy atom. The third kappa shape index (κ3) is 16.1. The number of ether oxygens (including phenoxy) is 6. The lowest BCUT2D eigenvalue weighted by Crippen LogP contribution is -2.38. The summed E-state index contributed by atoms with van der Waals surface area (Å²) in [7, 11) is 3.64. The van der Waals surface area contributed by atoms with Gasteiger partial charge in [0.15, 0.2) is 0 Å². The molecular formula is C25H46N2O6. The van der Waals surface area contributed by atoms with Gasteiger partial charge < -0.3 is 38.6 Å². The largest absolute Gasteiger partial charge is 0.492 e. The van der Waals surface area contributed by atoms with E-state index >= 15 is 0 Å². The van der Waals surface area contributed by atoms with Gasteiger partial charge in [0.05, 0.1) is 59.5 Å². The van der Waals surface area contributed by atoms with E-state index < -0.39 is 0 Å². The van der Waals surface area contributed by atoms with Crippen LogP contribution in [0.25, 0.3) is 0 Å². The maximum Gasteiger partial charge on any atom is 0.115 e. The van der Waals surface area contributed by atoms with Crippen LogP contribution in [-0.2, 0) is 28.4 Å². The summed E-state index contributed by atoms with van der Waals surface area (Å²) in [5, 5.41) is 3.37. The van der Waals surface area contributed by atoms with E-state index in [1.165, 1.54) is 25.9 Å². The van der Waals surface area contributed by atoms with Crippen LogP contribution in [0.5, 0.6) is 0 Å². The van der Waals surface area contributed by atoms with Crippen LogP contribution < -0.4 is 5.32 Å². The molecule has 0 radical (unpaired) electrons. The van der Waals surface area contributed by atoms with Crippen LogP contribution in [0.3, 0.4) is 0 Å². The van der Waals surface area contributed by atoms with Gasteiger partial charge in [-0.2, -0.15) is 0 Å². The smallest absolute Gasteiger partial charge is 0.115 e. The van der Waals surface area contributed by atoms with E-state index in [1.807, 2.05) is 32.2 Å². The predicted octanol–water partition coefficient (Wildman–Crippen LogP) is 2.42. The highest BCUT2D eigenvalue weighted by Gasteiger charge is 2.17. The first kappa shape index (κ1) is 29.8. The van der Waals surface area contributed by atoms with E-state index in [-0.39, 0.29) is 6.04 Å². The van der Waals surface area contributed by atoms with E-state index in [1.54, 1.807) is 7.11 Å². The number of hydrogen-bond donors (Lipinski definition) is 1. The number of rotatable bonds is 22. The summed E-state index contributed by atoms with van der Waals surface area (Å²) in [6.07, 6.45) is 8.55. The Balaban J connectivity index is 2.00. The molecule has 8 heteroatoms. The second kappa shape index (κ2) is 21.3. The van der Waals surface area contributed by atoms with Crippen molar-refractivity contribution < 1.29 is 28.4 Å². The first-order chi connectivity index (χ1) is 16.2.